The van der Waals surface area contributed by atoms with Crippen LogP contribution in [0.5, 0.6) is 0 Å². The molecule has 2 saturated heterocycles. The number of hydrogen-bond donors (Lipinski definition) is 1. The molecule has 1 amide bonds. The summed E-state index contributed by atoms with van der Waals surface area (Å²) in [5.41, 5.74) is 6.90. The first kappa shape index (κ1) is 23.0. The van der Waals surface area contributed by atoms with Crippen LogP contribution >= 0.6 is 0 Å². The van der Waals surface area contributed by atoms with Gasteiger partial charge in [-0.2, -0.15) is 0 Å². The Bertz CT molecular complexity index is 512. The first-order chi connectivity index (χ1) is 12.5. The topological polar surface area (TPSA) is 74.0 Å². The number of amides is 1. The molecule has 8 heteroatoms. The van der Waals surface area contributed by atoms with Crippen LogP contribution < -0.4 is 5.73 Å². The van der Waals surface area contributed by atoms with Crippen molar-refractivity contribution in [2.45, 2.75) is 83.7 Å². The lowest BCUT2D eigenvalue weighted by molar-refractivity contribution is -0.129. The molecule has 2 aliphatic heterocycles. The van der Waals surface area contributed by atoms with Crippen LogP contribution in [0.3, 0.4) is 0 Å². The summed E-state index contributed by atoms with van der Waals surface area (Å²) in [5, 5.41) is 0. The molecule has 2 rings (SSSR count). The second kappa shape index (κ2) is 8.63. The van der Waals surface area contributed by atoms with E-state index in [1.807, 2.05) is 4.90 Å². The molecule has 27 heavy (non-hydrogen) atoms. The summed E-state index contributed by atoms with van der Waals surface area (Å²) in [6.45, 7) is 19.7. The lowest BCUT2D eigenvalue weighted by Crippen LogP contribution is -2.64. The summed E-state index contributed by atoms with van der Waals surface area (Å²) in [6.07, 6.45) is -0.0247. The number of rotatable bonds is 5. The summed E-state index contributed by atoms with van der Waals surface area (Å²) in [6, 6.07) is 0. The van der Waals surface area contributed by atoms with Crippen molar-refractivity contribution < 1.29 is 17.8 Å². The summed E-state index contributed by atoms with van der Waals surface area (Å²) in [4.78, 5) is 14.0. The number of carbonyl (C=O) groups excluding carboxylic acids is 1. The van der Waals surface area contributed by atoms with Gasteiger partial charge in [-0.15, -0.1) is 0 Å². The predicted octanol–water partition coefficient (Wildman–Crippen LogP) is 3.36. The normalized spacial score (nSPS) is 28.0. The van der Waals surface area contributed by atoms with E-state index in [2.05, 4.69) is 55.4 Å². The van der Waals surface area contributed by atoms with E-state index in [9.17, 15) is 4.79 Å². The van der Waals surface area contributed by atoms with Gasteiger partial charge in [0.15, 0.2) is 0 Å². The van der Waals surface area contributed by atoms with Gasteiger partial charge < -0.3 is 23.6 Å². The molecule has 2 N–H and O–H groups in total. The number of nitrogens with zero attached hydrogens (tertiary/aromatic N) is 1. The molecule has 0 radical (unpaired) electrons. The van der Waals surface area contributed by atoms with Gasteiger partial charge in [-0.25, -0.2) is 0 Å². The fourth-order valence-corrected chi connectivity index (χ4v) is 15.9. The van der Waals surface area contributed by atoms with Gasteiger partial charge >= 0.3 is 17.1 Å². The number of hydrogen-bond acceptors (Lipinski definition) is 5. The first-order valence-corrected chi connectivity index (χ1v) is 14.4. The highest BCUT2D eigenvalue weighted by molar-refractivity contribution is 6.83. The average molecular weight is 417 g/mol. The van der Waals surface area contributed by atoms with Crippen molar-refractivity contribution in [2.24, 2.45) is 11.7 Å². The molecule has 6 nitrogen and oxygen atoms in total. The maximum absolute atomic E-state index is 12.2. The van der Waals surface area contributed by atoms with Crippen molar-refractivity contribution in [1.82, 2.24) is 4.90 Å². The molecular formula is C19H40N2O4Si2. The summed E-state index contributed by atoms with van der Waals surface area (Å²) in [5.74, 6) is 0.182. The van der Waals surface area contributed by atoms with Gasteiger partial charge in [-0.1, -0.05) is 55.4 Å². The van der Waals surface area contributed by atoms with Crippen LogP contribution in [-0.2, 0) is 17.8 Å². The molecule has 2 atom stereocenters. The third kappa shape index (κ3) is 4.21. The van der Waals surface area contributed by atoms with E-state index in [4.69, 9.17) is 18.7 Å². The average Bonchev–Trinajstić information content (AvgIpc) is 2.95. The third-order valence-electron chi connectivity index (χ3n) is 6.30. The Morgan fingerprint density at radius 3 is 1.93 bits per heavy atom. The Labute approximate surface area is 167 Å². The predicted molar refractivity (Wildman–Crippen MR) is 113 cm³/mol. The first-order valence-electron chi connectivity index (χ1n) is 10.5. The molecule has 2 aliphatic rings. The van der Waals surface area contributed by atoms with Crippen molar-refractivity contribution in [3.63, 3.8) is 0 Å². The zero-order valence-electron chi connectivity index (χ0n) is 18.5. The van der Waals surface area contributed by atoms with Crippen LogP contribution in [-0.4, -0.2) is 60.3 Å². The van der Waals surface area contributed by atoms with Gasteiger partial charge in [0.2, 0.25) is 5.91 Å². The van der Waals surface area contributed by atoms with Gasteiger partial charge in [-0.05, 0) is 22.2 Å². The molecule has 0 aromatic rings. The van der Waals surface area contributed by atoms with Crippen molar-refractivity contribution in [3.8, 4) is 0 Å². The molecular weight excluding hydrogens is 376 g/mol. The lowest BCUT2D eigenvalue weighted by atomic mass is 10.1. The summed E-state index contributed by atoms with van der Waals surface area (Å²) < 4.78 is 20.8. The van der Waals surface area contributed by atoms with Crippen molar-refractivity contribution in [2.75, 3.05) is 26.2 Å². The minimum Gasteiger partial charge on any atom is -0.414 e. The number of carbonyl (C=O) groups is 1. The largest absolute Gasteiger partial charge is 0.414 e. The number of likely N-dealkylation sites (tertiary alicyclic amines) is 1. The molecule has 2 fully saturated rings. The fourth-order valence-electron chi connectivity index (χ4n) is 4.65. The molecule has 0 saturated carbocycles. The Kier molecular flexibility index (Phi) is 7.36. The Balaban J connectivity index is 2.47. The zero-order chi connectivity index (χ0) is 20.6. The monoisotopic (exact) mass is 416 g/mol. The van der Waals surface area contributed by atoms with E-state index in [-0.39, 0.29) is 24.5 Å². The fraction of sp³-hybridized carbons (Fsp3) is 0.947. The van der Waals surface area contributed by atoms with E-state index in [0.29, 0.717) is 41.9 Å². The van der Waals surface area contributed by atoms with Crippen LogP contribution in [0.15, 0.2) is 0 Å². The lowest BCUT2D eigenvalue weighted by Gasteiger charge is -2.51. The van der Waals surface area contributed by atoms with Crippen LogP contribution in [0.25, 0.3) is 0 Å². The standard InChI is InChI=1S/C19H40N2O4Si2/c1-13(2)26(14(3)4)23-12-17-10-21(19(22)9-20)11-18(17)24-27(25-26,15(5)6)16(7)8/h13-18H,9-12,20H2,1-8H3/t17-,18+/m1/s1. The van der Waals surface area contributed by atoms with Crippen molar-refractivity contribution >= 4 is 23.0 Å². The Hall–Kier alpha value is -0.256. The van der Waals surface area contributed by atoms with E-state index in [1.54, 1.807) is 0 Å². The SMILES string of the molecule is CC(C)[Si]1(C(C)C)OC[C@H]2CN(C(=O)CN)C[C@@H]2O[Si](C(C)C)(C(C)C)O1. The Morgan fingerprint density at radius 1 is 0.963 bits per heavy atom. The molecule has 0 unspecified atom stereocenters. The molecule has 0 bridgehead atoms. The zero-order valence-corrected chi connectivity index (χ0v) is 20.5. The molecule has 0 aromatic heterocycles. The number of nitrogens with two attached hydrogens (primary N) is 1. The second-order valence-electron chi connectivity index (χ2n) is 9.39. The molecule has 2 heterocycles. The van der Waals surface area contributed by atoms with Crippen LogP contribution in [0.2, 0.25) is 22.2 Å². The van der Waals surface area contributed by atoms with Gasteiger partial charge in [0.25, 0.3) is 0 Å². The quantitative estimate of drug-likeness (QED) is 0.696. The summed E-state index contributed by atoms with van der Waals surface area (Å²) >= 11 is 0. The maximum atomic E-state index is 12.2. The third-order valence-corrected chi connectivity index (χ3v) is 16.6. The minimum absolute atomic E-state index is 0.0103. The van der Waals surface area contributed by atoms with E-state index < -0.39 is 17.1 Å². The van der Waals surface area contributed by atoms with Gasteiger partial charge in [0.1, 0.15) is 0 Å². The van der Waals surface area contributed by atoms with E-state index in [1.165, 1.54) is 0 Å². The second-order valence-corrected chi connectivity index (χ2v) is 18.2. The van der Waals surface area contributed by atoms with Gasteiger partial charge in [0, 0.05) is 25.6 Å². The van der Waals surface area contributed by atoms with E-state index >= 15 is 0 Å². The van der Waals surface area contributed by atoms with E-state index in [0.717, 1.165) is 0 Å². The summed E-state index contributed by atoms with van der Waals surface area (Å²) in [7, 11) is -5.06. The maximum Gasteiger partial charge on any atom is 0.335 e. The van der Waals surface area contributed by atoms with Crippen LogP contribution in [0.1, 0.15) is 55.4 Å². The van der Waals surface area contributed by atoms with Gasteiger partial charge in [0.05, 0.1) is 12.6 Å². The van der Waals surface area contributed by atoms with Gasteiger partial charge in [-0.3, -0.25) is 4.79 Å². The molecule has 0 spiro atoms. The van der Waals surface area contributed by atoms with Crippen LogP contribution in [0.4, 0.5) is 0 Å². The highest BCUT2D eigenvalue weighted by Gasteiger charge is 2.59. The number of fused-ring (bicyclic) bond motifs is 1. The minimum atomic E-state index is -2.57. The molecule has 158 valence electrons. The smallest absolute Gasteiger partial charge is 0.335 e. The molecule has 0 aliphatic carbocycles. The highest BCUT2D eigenvalue weighted by Crippen LogP contribution is 2.47. The molecule has 0 aromatic carbocycles. The Morgan fingerprint density at radius 2 is 1.48 bits per heavy atom. The van der Waals surface area contributed by atoms with Crippen molar-refractivity contribution in [3.05, 3.63) is 0 Å². The van der Waals surface area contributed by atoms with Crippen LogP contribution in [0, 0.1) is 5.92 Å². The van der Waals surface area contributed by atoms with Crippen molar-refractivity contribution in [1.29, 1.82) is 0 Å². The highest BCUT2D eigenvalue weighted by atomic mass is 28.5.